The molecule has 0 aromatic heterocycles. The molecule has 1 heterocycles. The molecular weight excluding hydrogens is 134 g/mol. The minimum absolute atomic E-state index is 0.621. The van der Waals surface area contributed by atoms with Crippen molar-refractivity contribution in [3.05, 3.63) is 35.9 Å². The summed E-state index contributed by atoms with van der Waals surface area (Å²) in [4.78, 5) is 0. The molecule has 1 atom stereocenters. The normalized spacial score (nSPS) is 23.8. The monoisotopic (exact) mass is 147 g/mol. The van der Waals surface area contributed by atoms with Crippen LogP contribution in [0, 0.1) is 0 Å². The first kappa shape index (κ1) is 6.86. The number of benzene rings is 1. The molecule has 1 nitrogen and oxygen atoms in total. The van der Waals surface area contributed by atoms with Gasteiger partial charge in [0.05, 0.1) is 0 Å². The van der Waals surface area contributed by atoms with Crippen LogP contribution in [0.25, 0.3) is 0 Å². The van der Waals surface area contributed by atoms with Crippen molar-refractivity contribution in [2.45, 2.75) is 18.9 Å². The first-order chi connectivity index (χ1) is 5.47. The van der Waals surface area contributed by atoms with E-state index in [-0.39, 0.29) is 0 Å². The van der Waals surface area contributed by atoms with E-state index in [2.05, 4.69) is 35.6 Å². The van der Waals surface area contributed by atoms with Crippen LogP contribution in [-0.2, 0) is 0 Å². The Morgan fingerprint density at radius 1 is 1.18 bits per heavy atom. The van der Waals surface area contributed by atoms with Crippen molar-refractivity contribution in [3.8, 4) is 0 Å². The molecule has 1 aromatic rings. The Balaban J connectivity index is 2.16. The van der Waals surface area contributed by atoms with Crippen LogP contribution >= 0.6 is 0 Å². The number of hydrogen-bond donors (Lipinski definition) is 1. The fourth-order valence-electron chi connectivity index (χ4n) is 1.65. The molecule has 1 aliphatic rings. The molecule has 58 valence electrons. The third-order valence-electron chi connectivity index (χ3n) is 2.26. The van der Waals surface area contributed by atoms with Crippen LogP contribution in [-0.4, -0.2) is 6.54 Å². The second-order valence-electron chi connectivity index (χ2n) is 3.06. The lowest BCUT2D eigenvalue weighted by atomic mass is 10.1. The Kier molecular flexibility index (Phi) is 1.91. The summed E-state index contributed by atoms with van der Waals surface area (Å²) in [6.07, 6.45) is 2.61. The van der Waals surface area contributed by atoms with Gasteiger partial charge in [-0.15, -0.1) is 0 Å². The average Bonchev–Trinajstić information content (AvgIpc) is 2.58. The second kappa shape index (κ2) is 3.05. The van der Waals surface area contributed by atoms with Gasteiger partial charge in [-0.25, -0.2) is 0 Å². The van der Waals surface area contributed by atoms with E-state index in [0.717, 1.165) is 0 Å². The first-order valence-corrected chi connectivity index (χ1v) is 4.25. The molecule has 1 aliphatic heterocycles. The Morgan fingerprint density at radius 2 is 2.00 bits per heavy atom. The van der Waals surface area contributed by atoms with Gasteiger partial charge in [-0.2, -0.15) is 0 Å². The van der Waals surface area contributed by atoms with Crippen LogP contribution in [0.5, 0.6) is 0 Å². The molecule has 11 heavy (non-hydrogen) atoms. The summed E-state index contributed by atoms with van der Waals surface area (Å²) in [5, 5.41) is 3.47. The minimum Gasteiger partial charge on any atom is -0.310 e. The molecule has 0 bridgehead atoms. The van der Waals surface area contributed by atoms with Crippen molar-refractivity contribution in [1.82, 2.24) is 5.32 Å². The summed E-state index contributed by atoms with van der Waals surface area (Å²) in [7, 11) is 0. The quantitative estimate of drug-likeness (QED) is 0.641. The molecular formula is C10H13N. The van der Waals surface area contributed by atoms with E-state index in [4.69, 9.17) is 0 Å². The Morgan fingerprint density at radius 3 is 2.64 bits per heavy atom. The summed E-state index contributed by atoms with van der Waals surface area (Å²) in [6, 6.07) is 11.3. The molecule has 1 fully saturated rings. The Labute approximate surface area is 67.4 Å². The maximum atomic E-state index is 3.47. The van der Waals surface area contributed by atoms with Gasteiger partial charge in [0.1, 0.15) is 0 Å². The van der Waals surface area contributed by atoms with Crippen molar-refractivity contribution in [2.24, 2.45) is 0 Å². The van der Waals surface area contributed by atoms with E-state index in [1.165, 1.54) is 24.9 Å². The Hall–Kier alpha value is -0.820. The van der Waals surface area contributed by atoms with E-state index in [9.17, 15) is 0 Å². The van der Waals surface area contributed by atoms with E-state index < -0.39 is 0 Å². The molecule has 0 unspecified atom stereocenters. The van der Waals surface area contributed by atoms with Crippen LogP contribution in [0.2, 0.25) is 0 Å². The van der Waals surface area contributed by atoms with Crippen LogP contribution in [0.3, 0.4) is 0 Å². The zero-order valence-electron chi connectivity index (χ0n) is 6.59. The molecule has 2 rings (SSSR count). The van der Waals surface area contributed by atoms with Crippen LogP contribution < -0.4 is 5.32 Å². The molecule has 1 saturated heterocycles. The van der Waals surface area contributed by atoms with Crippen LogP contribution in [0.1, 0.15) is 24.4 Å². The molecule has 0 radical (unpaired) electrons. The van der Waals surface area contributed by atoms with Gasteiger partial charge < -0.3 is 5.32 Å². The highest BCUT2D eigenvalue weighted by Gasteiger charge is 2.14. The van der Waals surface area contributed by atoms with Crippen LogP contribution in [0.15, 0.2) is 30.3 Å². The van der Waals surface area contributed by atoms with Gasteiger partial charge in [-0.1, -0.05) is 30.3 Å². The van der Waals surface area contributed by atoms with Gasteiger partial charge in [-0.05, 0) is 24.9 Å². The van der Waals surface area contributed by atoms with E-state index in [1.807, 2.05) is 0 Å². The van der Waals surface area contributed by atoms with Crippen molar-refractivity contribution in [3.63, 3.8) is 0 Å². The van der Waals surface area contributed by atoms with E-state index >= 15 is 0 Å². The second-order valence-corrected chi connectivity index (χ2v) is 3.06. The number of hydrogen-bond acceptors (Lipinski definition) is 1. The molecule has 0 aliphatic carbocycles. The average molecular weight is 147 g/mol. The van der Waals surface area contributed by atoms with Crippen molar-refractivity contribution >= 4 is 0 Å². The lowest BCUT2D eigenvalue weighted by Gasteiger charge is -2.08. The van der Waals surface area contributed by atoms with E-state index in [1.54, 1.807) is 0 Å². The molecule has 0 amide bonds. The van der Waals surface area contributed by atoms with Crippen molar-refractivity contribution in [2.75, 3.05) is 6.54 Å². The topological polar surface area (TPSA) is 12.0 Å². The van der Waals surface area contributed by atoms with Gasteiger partial charge in [0, 0.05) is 6.04 Å². The minimum atomic E-state index is 0.621. The van der Waals surface area contributed by atoms with Crippen molar-refractivity contribution < 1.29 is 0 Å². The molecule has 1 heteroatoms. The first-order valence-electron chi connectivity index (χ1n) is 4.25. The van der Waals surface area contributed by atoms with Gasteiger partial charge in [0.15, 0.2) is 0 Å². The predicted molar refractivity (Wildman–Crippen MR) is 46.4 cm³/mol. The predicted octanol–water partition coefficient (Wildman–Crippen LogP) is 2.11. The smallest absolute Gasteiger partial charge is 0.0320 e. The van der Waals surface area contributed by atoms with E-state index in [0.29, 0.717) is 6.04 Å². The Bertz CT molecular complexity index is 212. The molecule has 0 saturated carbocycles. The fourth-order valence-corrected chi connectivity index (χ4v) is 1.65. The highest BCUT2D eigenvalue weighted by molar-refractivity contribution is 5.19. The van der Waals surface area contributed by atoms with Gasteiger partial charge in [0.2, 0.25) is 0 Å². The SMILES string of the molecule is c1ccc([C@@H]2CCCN2)cc1. The summed E-state index contributed by atoms with van der Waals surface area (Å²) < 4.78 is 0. The summed E-state index contributed by atoms with van der Waals surface area (Å²) in [6.45, 7) is 1.18. The molecule has 0 spiro atoms. The number of nitrogens with one attached hydrogen (secondary N) is 1. The highest BCUT2D eigenvalue weighted by atomic mass is 14.9. The summed E-state index contributed by atoms with van der Waals surface area (Å²) in [5.74, 6) is 0. The van der Waals surface area contributed by atoms with Gasteiger partial charge in [0.25, 0.3) is 0 Å². The fraction of sp³-hybridized carbons (Fsp3) is 0.400. The lowest BCUT2D eigenvalue weighted by molar-refractivity contribution is 0.648. The van der Waals surface area contributed by atoms with Gasteiger partial charge >= 0.3 is 0 Å². The maximum absolute atomic E-state index is 3.47. The zero-order valence-corrected chi connectivity index (χ0v) is 6.59. The third-order valence-corrected chi connectivity index (χ3v) is 2.26. The summed E-state index contributed by atoms with van der Waals surface area (Å²) >= 11 is 0. The molecule has 1 aromatic carbocycles. The largest absolute Gasteiger partial charge is 0.310 e. The molecule has 1 N–H and O–H groups in total. The number of rotatable bonds is 1. The zero-order chi connectivity index (χ0) is 7.52. The summed E-state index contributed by atoms with van der Waals surface area (Å²) in [5.41, 5.74) is 1.44. The third kappa shape index (κ3) is 1.43. The maximum Gasteiger partial charge on any atom is 0.0320 e. The van der Waals surface area contributed by atoms with Gasteiger partial charge in [-0.3, -0.25) is 0 Å². The highest BCUT2D eigenvalue weighted by Crippen LogP contribution is 2.21. The van der Waals surface area contributed by atoms with Crippen LogP contribution in [0.4, 0.5) is 0 Å². The lowest BCUT2D eigenvalue weighted by Crippen LogP contribution is -2.12. The van der Waals surface area contributed by atoms with Crippen molar-refractivity contribution in [1.29, 1.82) is 0 Å². The standard InChI is InChI=1S/C10H13N/c1-2-5-9(6-3-1)10-7-4-8-11-10/h1-3,5-6,10-11H,4,7-8H2/t10-/m0/s1.